The molecule has 0 radical (unpaired) electrons. The molecule has 1 aliphatic heterocycles. The van der Waals surface area contributed by atoms with Crippen molar-refractivity contribution >= 4 is 38.3 Å². The van der Waals surface area contributed by atoms with Gasteiger partial charge in [-0.05, 0) is 64.9 Å². The number of hydrogen-bond acceptors (Lipinski definition) is 4. The maximum absolute atomic E-state index is 13.1. The maximum Gasteiger partial charge on any atom is 0.425 e. The smallest absolute Gasteiger partial charge is 0.425 e. The van der Waals surface area contributed by atoms with Crippen molar-refractivity contribution in [3.8, 4) is 5.75 Å². The minimum absolute atomic E-state index is 0.167. The summed E-state index contributed by atoms with van der Waals surface area (Å²) in [6.07, 6.45) is -5.82. The Morgan fingerprint density at radius 2 is 1.90 bits per heavy atom. The average Bonchev–Trinajstić information content (AvgIpc) is 3.05. The van der Waals surface area contributed by atoms with Gasteiger partial charge in [-0.25, -0.2) is 8.42 Å². The number of sulfone groups is 1. The summed E-state index contributed by atoms with van der Waals surface area (Å²) in [6, 6.07) is 8.94. The van der Waals surface area contributed by atoms with E-state index >= 15 is 0 Å². The molecule has 0 aliphatic carbocycles. The van der Waals surface area contributed by atoms with Crippen molar-refractivity contribution in [2.75, 3.05) is 6.26 Å². The maximum atomic E-state index is 13.1. The topological polar surface area (TPSA) is 63.7 Å². The van der Waals surface area contributed by atoms with Crippen LogP contribution in [-0.4, -0.2) is 37.8 Å². The molecule has 1 amide bonds. The fourth-order valence-corrected chi connectivity index (χ4v) is 4.33. The third-order valence-electron chi connectivity index (χ3n) is 4.59. The molecule has 10 heteroatoms. The van der Waals surface area contributed by atoms with Crippen LogP contribution in [0, 0.1) is 3.57 Å². The molecule has 1 heterocycles. The van der Waals surface area contributed by atoms with E-state index in [1.54, 1.807) is 0 Å². The second kappa shape index (κ2) is 7.78. The van der Waals surface area contributed by atoms with Gasteiger partial charge in [0.05, 0.1) is 10.5 Å². The number of alkyl halides is 3. The van der Waals surface area contributed by atoms with Gasteiger partial charge in [0.15, 0.2) is 15.9 Å². The van der Waals surface area contributed by atoms with Gasteiger partial charge >= 0.3 is 6.18 Å². The van der Waals surface area contributed by atoms with Gasteiger partial charge in [0.2, 0.25) is 0 Å². The second-order valence-electron chi connectivity index (χ2n) is 6.77. The summed E-state index contributed by atoms with van der Waals surface area (Å²) in [6.45, 7) is 1.39. The molecule has 1 aliphatic rings. The van der Waals surface area contributed by atoms with E-state index in [1.165, 1.54) is 4.90 Å². The highest BCUT2D eigenvalue weighted by atomic mass is 127. The van der Waals surface area contributed by atoms with Crippen LogP contribution in [0.2, 0.25) is 0 Å². The first-order valence-electron chi connectivity index (χ1n) is 8.51. The van der Waals surface area contributed by atoms with Crippen LogP contribution in [0.3, 0.4) is 0 Å². The summed E-state index contributed by atoms with van der Waals surface area (Å²) in [4.78, 5) is 14.4. The van der Waals surface area contributed by atoms with Gasteiger partial charge in [-0.3, -0.25) is 4.79 Å². The molecule has 29 heavy (non-hydrogen) atoms. The van der Waals surface area contributed by atoms with Crippen molar-refractivity contribution in [1.29, 1.82) is 0 Å². The highest BCUT2D eigenvalue weighted by Crippen LogP contribution is 2.33. The molecule has 0 aromatic heterocycles. The first-order valence-corrected chi connectivity index (χ1v) is 11.5. The number of carbonyl (C=O) groups excluding carboxylic acids is 1. The molecule has 1 atom stereocenters. The van der Waals surface area contributed by atoms with E-state index in [0.717, 1.165) is 46.1 Å². The van der Waals surface area contributed by atoms with Gasteiger partial charge in [-0.1, -0.05) is 12.1 Å². The number of hydrogen-bond donors (Lipinski definition) is 0. The van der Waals surface area contributed by atoms with E-state index in [-0.39, 0.29) is 29.3 Å². The highest BCUT2D eigenvalue weighted by Gasteiger charge is 2.39. The first-order chi connectivity index (χ1) is 13.4. The third-order valence-corrected chi connectivity index (χ3v) is 6.71. The Morgan fingerprint density at radius 3 is 2.48 bits per heavy atom. The number of carbonyl (C=O) groups is 1. The van der Waals surface area contributed by atoms with E-state index < -0.39 is 28.0 Å². The Bertz CT molecular complexity index is 1070. The zero-order chi connectivity index (χ0) is 21.6. The molecule has 0 fully saturated rings. The van der Waals surface area contributed by atoms with E-state index in [2.05, 4.69) is 22.6 Å². The molecule has 5 nitrogen and oxygen atoms in total. The van der Waals surface area contributed by atoms with Gasteiger partial charge in [-0.2, -0.15) is 13.2 Å². The number of halogens is 4. The number of ether oxygens (including phenoxy) is 1. The van der Waals surface area contributed by atoms with Crippen molar-refractivity contribution in [2.24, 2.45) is 0 Å². The summed E-state index contributed by atoms with van der Waals surface area (Å²) in [5.41, 5.74) is 1.69. The summed E-state index contributed by atoms with van der Waals surface area (Å²) >= 11 is 2.15. The van der Waals surface area contributed by atoms with Crippen molar-refractivity contribution in [3.05, 3.63) is 56.7 Å². The van der Waals surface area contributed by atoms with Gasteiger partial charge < -0.3 is 9.64 Å². The van der Waals surface area contributed by atoms with E-state index in [4.69, 9.17) is 4.74 Å². The Balaban J connectivity index is 1.99. The molecular formula is C19H17F3INO4S. The molecule has 3 rings (SSSR count). The largest absolute Gasteiger partial charge is 0.480 e. The van der Waals surface area contributed by atoms with Crippen LogP contribution in [0.4, 0.5) is 13.2 Å². The first kappa shape index (κ1) is 21.9. The molecule has 1 unspecified atom stereocenters. The lowest BCUT2D eigenvalue weighted by atomic mass is 10.1. The number of rotatable bonds is 4. The lowest BCUT2D eigenvalue weighted by Crippen LogP contribution is -2.32. The summed E-state index contributed by atoms with van der Waals surface area (Å²) in [5, 5.41) is 0. The standard InChI is InChI=1S/C19H17F3INO4S/c1-11(19(20,21)22)28-17-7-6-13(29(2,26)27)8-14(17)18(25)24-9-12-4-3-5-16(23)15(12)10-24/h3-8,11H,9-10H2,1-2H3. The number of amides is 1. The van der Waals surface area contributed by atoms with Gasteiger partial charge in [0, 0.05) is 22.9 Å². The van der Waals surface area contributed by atoms with Crippen LogP contribution in [0.5, 0.6) is 5.75 Å². The van der Waals surface area contributed by atoms with Crippen LogP contribution < -0.4 is 4.74 Å². The quantitative estimate of drug-likeness (QED) is 0.548. The zero-order valence-electron chi connectivity index (χ0n) is 15.5. The predicted octanol–water partition coefficient (Wildman–Crippen LogP) is 4.18. The third kappa shape index (κ3) is 4.68. The fraction of sp³-hybridized carbons (Fsp3) is 0.316. The molecule has 2 aromatic rings. The van der Waals surface area contributed by atoms with E-state index in [0.29, 0.717) is 0 Å². The normalized spacial score (nSPS) is 15.2. The minimum atomic E-state index is -4.63. The summed E-state index contributed by atoms with van der Waals surface area (Å²) in [7, 11) is -3.67. The Labute approximate surface area is 179 Å². The molecule has 0 spiro atoms. The molecular weight excluding hydrogens is 522 g/mol. The van der Waals surface area contributed by atoms with Crippen LogP contribution in [0.25, 0.3) is 0 Å². The molecule has 0 saturated heterocycles. The molecule has 2 aromatic carbocycles. The fourth-order valence-electron chi connectivity index (χ4n) is 2.96. The summed E-state index contributed by atoms with van der Waals surface area (Å²) in [5.74, 6) is -0.898. The monoisotopic (exact) mass is 539 g/mol. The molecule has 0 N–H and O–H groups in total. The molecule has 0 bridgehead atoms. The van der Waals surface area contributed by atoms with Gasteiger partial charge in [0.25, 0.3) is 5.91 Å². The second-order valence-corrected chi connectivity index (χ2v) is 9.95. The minimum Gasteiger partial charge on any atom is -0.480 e. The van der Waals surface area contributed by atoms with E-state index in [9.17, 15) is 26.4 Å². The van der Waals surface area contributed by atoms with Gasteiger partial charge in [-0.15, -0.1) is 0 Å². The summed E-state index contributed by atoms with van der Waals surface area (Å²) < 4.78 is 68.6. The SMILES string of the molecule is CC(Oc1ccc(S(C)(=O)=O)cc1C(=O)N1Cc2cccc(I)c2C1)C(F)(F)F. The van der Waals surface area contributed by atoms with Crippen molar-refractivity contribution in [2.45, 2.75) is 37.2 Å². The average molecular weight is 539 g/mol. The Morgan fingerprint density at radius 1 is 1.21 bits per heavy atom. The number of benzene rings is 2. The Hall–Kier alpha value is -1.82. The van der Waals surface area contributed by atoms with Crippen molar-refractivity contribution < 1.29 is 31.1 Å². The molecule has 156 valence electrons. The Kier molecular flexibility index (Phi) is 5.87. The lowest BCUT2D eigenvalue weighted by molar-refractivity contribution is -0.189. The van der Waals surface area contributed by atoms with E-state index in [1.807, 2.05) is 18.2 Å². The van der Waals surface area contributed by atoms with Gasteiger partial charge in [0.1, 0.15) is 5.75 Å². The number of nitrogens with zero attached hydrogens (tertiary/aromatic N) is 1. The van der Waals surface area contributed by atoms with Crippen LogP contribution in [-0.2, 0) is 22.9 Å². The van der Waals surface area contributed by atoms with Crippen LogP contribution >= 0.6 is 22.6 Å². The highest BCUT2D eigenvalue weighted by molar-refractivity contribution is 14.1. The van der Waals surface area contributed by atoms with Crippen molar-refractivity contribution in [1.82, 2.24) is 4.90 Å². The predicted molar refractivity (Wildman–Crippen MR) is 108 cm³/mol. The zero-order valence-corrected chi connectivity index (χ0v) is 18.4. The van der Waals surface area contributed by atoms with Crippen LogP contribution in [0.15, 0.2) is 41.3 Å². The van der Waals surface area contributed by atoms with Crippen LogP contribution in [0.1, 0.15) is 28.4 Å². The number of fused-ring (bicyclic) bond motifs is 1. The van der Waals surface area contributed by atoms with Crippen molar-refractivity contribution in [3.63, 3.8) is 0 Å². The lowest BCUT2D eigenvalue weighted by Gasteiger charge is -2.22. The molecule has 0 saturated carbocycles.